The minimum atomic E-state index is -0.238. The maximum atomic E-state index is 12.4. The number of rotatable bonds is 6. The van der Waals surface area contributed by atoms with Gasteiger partial charge in [0.1, 0.15) is 4.88 Å². The molecular formula is C16H22N4O2S2. The van der Waals surface area contributed by atoms with Crippen LogP contribution in [0.2, 0.25) is 0 Å². The summed E-state index contributed by atoms with van der Waals surface area (Å²) in [6.45, 7) is 10.0. The first-order chi connectivity index (χ1) is 11.3. The number of nitrogens with one attached hydrogen (secondary N) is 1. The first-order valence-electron chi connectivity index (χ1n) is 7.77. The Bertz CT molecular complexity index is 736. The molecule has 0 radical (unpaired) electrons. The molecule has 0 saturated carbocycles. The van der Waals surface area contributed by atoms with Crippen LogP contribution in [0.3, 0.4) is 0 Å². The van der Waals surface area contributed by atoms with E-state index in [4.69, 9.17) is 0 Å². The first kappa shape index (κ1) is 18.5. The van der Waals surface area contributed by atoms with Crippen LogP contribution in [0.4, 0.5) is 10.3 Å². The van der Waals surface area contributed by atoms with Crippen molar-refractivity contribution in [2.24, 2.45) is 5.92 Å². The number of nitrogens with zero attached hydrogens (tertiary/aromatic N) is 3. The number of anilines is 2. The Balaban J connectivity index is 2.18. The van der Waals surface area contributed by atoms with E-state index in [-0.39, 0.29) is 11.8 Å². The van der Waals surface area contributed by atoms with Crippen LogP contribution in [0, 0.1) is 19.8 Å². The molecule has 130 valence electrons. The fraction of sp³-hybridized carbons (Fsp3) is 0.500. The van der Waals surface area contributed by atoms with E-state index in [0.717, 1.165) is 12.1 Å². The highest BCUT2D eigenvalue weighted by Crippen LogP contribution is 2.28. The summed E-state index contributed by atoms with van der Waals surface area (Å²) in [6, 6.07) is 0. The standard InChI is InChI=1S/C16H22N4O2S2/c1-9(2)6-7-20(12(5)21)16-18-11(4)13(24-16)14(22)19-15-17-10(3)8-23-15/h8-9H,6-7H2,1-5H3,(H,17,19,22). The zero-order valence-corrected chi connectivity index (χ0v) is 16.2. The van der Waals surface area contributed by atoms with Gasteiger partial charge in [-0.15, -0.1) is 11.3 Å². The van der Waals surface area contributed by atoms with E-state index < -0.39 is 0 Å². The van der Waals surface area contributed by atoms with Crippen LogP contribution in [-0.4, -0.2) is 28.3 Å². The molecular weight excluding hydrogens is 344 g/mol. The molecule has 8 heteroatoms. The summed E-state index contributed by atoms with van der Waals surface area (Å²) in [5, 5.41) is 5.80. The number of carbonyl (C=O) groups excluding carboxylic acids is 2. The van der Waals surface area contributed by atoms with E-state index in [2.05, 4.69) is 29.1 Å². The highest BCUT2D eigenvalue weighted by molar-refractivity contribution is 7.18. The number of amides is 2. The molecule has 0 spiro atoms. The van der Waals surface area contributed by atoms with E-state index in [1.807, 2.05) is 12.3 Å². The molecule has 24 heavy (non-hydrogen) atoms. The van der Waals surface area contributed by atoms with Crippen LogP contribution < -0.4 is 10.2 Å². The molecule has 2 aromatic heterocycles. The number of thiazole rings is 2. The van der Waals surface area contributed by atoms with Crippen molar-refractivity contribution in [1.29, 1.82) is 0 Å². The number of aryl methyl sites for hydroxylation is 2. The number of carbonyl (C=O) groups is 2. The smallest absolute Gasteiger partial charge is 0.269 e. The van der Waals surface area contributed by atoms with Crippen molar-refractivity contribution >= 4 is 44.8 Å². The average Bonchev–Trinajstić information content (AvgIpc) is 3.04. The molecule has 1 N–H and O–H groups in total. The van der Waals surface area contributed by atoms with E-state index in [0.29, 0.717) is 33.3 Å². The maximum absolute atomic E-state index is 12.4. The van der Waals surface area contributed by atoms with Gasteiger partial charge in [0.15, 0.2) is 10.3 Å². The predicted molar refractivity (Wildman–Crippen MR) is 99.1 cm³/mol. The zero-order chi connectivity index (χ0) is 17.9. The molecule has 0 atom stereocenters. The molecule has 0 saturated heterocycles. The Morgan fingerprint density at radius 3 is 2.54 bits per heavy atom. The monoisotopic (exact) mass is 366 g/mol. The fourth-order valence-corrected chi connectivity index (χ4v) is 3.76. The van der Waals surface area contributed by atoms with Gasteiger partial charge in [0.25, 0.3) is 5.91 Å². The van der Waals surface area contributed by atoms with Crippen molar-refractivity contribution in [2.45, 2.75) is 41.0 Å². The predicted octanol–water partition coefficient (Wildman–Crippen LogP) is 3.87. The summed E-state index contributed by atoms with van der Waals surface area (Å²) in [7, 11) is 0. The van der Waals surface area contributed by atoms with Gasteiger partial charge in [-0.3, -0.25) is 19.8 Å². The Morgan fingerprint density at radius 2 is 2.00 bits per heavy atom. The Labute approximate surface area is 149 Å². The van der Waals surface area contributed by atoms with Gasteiger partial charge in [0.05, 0.1) is 11.4 Å². The summed E-state index contributed by atoms with van der Waals surface area (Å²) >= 11 is 2.62. The normalized spacial score (nSPS) is 10.9. The molecule has 0 aliphatic heterocycles. The van der Waals surface area contributed by atoms with E-state index >= 15 is 0 Å². The van der Waals surface area contributed by atoms with Gasteiger partial charge in [-0.1, -0.05) is 25.2 Å². The lowest BCUT2D eigenvalue weighted by Gasteiger charge is -2.18. The van der Waals surface area contributed by atoms with Gasteiger partial charge in [0, 0.05) is 18.8 Å². The van der Waals surface area contributed by atoms with E-state index in [1.165, 1.54) is 29.6 Å². The lowest BCUT2D eigenvalue weighted by molar-refractivity contribution is -0.116. The SMILES string of the molecule is CC(=O)N(CCC(C)C)c1nc(C)c(C(=O)Nc2nc(C)cs2)s1. The molecule has 2 rings (SSSR count). The lowest BCUT2D eigenvalue weighted by Crippen LogP contribution is -2.30. The molecule has 0 bridgehead atoms. The lowest BCUT2D eigenvalue weighted by atomic mass is 10.1. The Kier molecular flexibility index (Phi) is 6.06. The third kappa shape index (κ3) is 4.61. The van der Waals surface area contributed by atoms with Gasteiger partial charge in [-0.2, -0.15) is 0 Å². The summed E-state index contributed by atoms with van der Waals surface area (Å²) in [6.07, 6.45) is 0.887. The van der Waals surface area contributed by atoms with Crippen molar-refractivity contribution in [3.05, 3.63) is 21.6 Å². The van der Waals surface area contributed by atoms with Crippen LogP contribution in [-0.2, 0) is 4.79 Å². The number of aromatic nitrogens is 2. The van der Waals surface area contributed by atoms with Crippen LogP contribution in [0.25, 0.3) is 0 Å². The Morgan fingerprint density at radius 1 is 1.29 bits per heavy atom. The quantitative estimate of drug-likeness (QED) is 0.842. The van der Waals surface area contributed by atoms with Crippen molar-refractivity contribution in [2.75, 3.05) is 16.8 Å². The number of hydrogen-bond donors (Lipinski definition) is 1. The molecule has 2 amide bonds. The maximum Gasteiger partial charge on any atom is 0.269 e. The average molecular weight is 367 g/mol. The Hall–Kier alpha value is -1.80. The van der Waals surface area contributed by atoms with Crippen molar-refractivity contribution in [3.63, 3.8) is 0 Å². The zero-order valence-electron chi connectivity index (χ0n) is 14.5. The largest absolute Gasteiger partial charge is 0.297 e. The molecule has 6 nitrogen and oxygen atoms in total. The van der Waals surface area contributed by atoms with Crippen molar-refractivity contribution in [3.8, 4) is 0 Å². The molecule has 0 aromatic carbocycles. The highest BCUT2D eigenvalue weighted by atomic mass is 32.1. The third-order valence-corrected chi connectivity index (χ3v) is 5.43. The van der Waals surface area contributed by atoms with Crippen molar-refractivity contribution in [1.82, 2.24) is 9.97 Å². The highest BCUT2D eigenvalue weighted by Gasteiger charge is 2.22. The van der Waals surface area contributed by atoms with Crippen LogP contribution in [0.5, 0.6) is 0 Å². The van der Waals surface area contributed by atoms with Crippen molar-refractivity contribution < 1.29 is 9.59 Å². The summed E-state index contributed by atoms with van der Waals surface area (Å²) in [4.78, 5) is 35.2. The molecule has 2 heterocycles. The third-order valence-electron chi connectivity index (χ3n) is 3.37. The fourth-order valence-electron chi connectivity index (χ4n) is 2.05. The summed E-state index contributed by atoms with van der Waals surface area (Å²) in [5.74, 6) is 0.189. The second-order valence-corrected chi connectivity index (χ2v) is 7.85. The minimum Gasteiger partial charge on any atom is -0.297 e. The van der Waals surface area contributed by atoms with Gasteiger partial charge in [0.2, 0.25) is 5.91 Å². The molecule has 0 fully saturated rings. The molecule has 0 aliphatic carbocycles. The molecule has 0 aliphatic rings. The van der Waals surface area contributed by atoms with Gasteiger partial charge >= 0.3 is 0 Å². The van der Waals surface area contributed by atoms with Gasteiger partial charge in [-0.25, -0.2) is 9.97 Å². The summed E-state index contributed by atoms with van der Waals surface area (Å²) in [5.41, 5.74) is 1.49. The van der Waals surface area contributed by atoms with Crippen LogP contribution in [0.1, 0.15) is 48.3 Å². The van der Waals surface area contributed by atoms with Gasteiger partial charge in [-0.05, 0) is 26.2 Å². The topological polar surface area (TPSA) is 75.2 Å². The first-order valence-corrected chi connectivity index (χ1v) is 9.46. The minimum absolute atomic E-state index is 0.0630. The molecule has 0 unspecified atom stereocenters. The van der Waals surface area contributed by atoms with Gasteiger partial charge < -0.3 is 0 Å². The summed E-state index contributed by atoms with van der Waals surface area (Å²) < 4.78 is 0. The second-order valence-electron chi connectivity index (χ2n) is 6.01. The molecule has 2 aromatic rings. The van der Waals surface area contributed by atoms with Crippen LogP contribution >= 0.6 is 22.7 Å². The van der Waals surface area contributed by atoms with E-state index in [9.17, 15) is 9.59 Å². The second kappa shape index (κ2) is 7.85. The number of hydrogen-bond acceptors (Lipinski definition) is 6. The van der Waals surface area contributed by atoms with Crippen LogP contribution in [0.15, 0.2) is 5.38 Å². The van der Waals surface area contributed by atoms with E-state index in [1.54, 1.807) is 11.8 Å².